The number of rotatable bonds is 9. The number of carbonyl (C=O) groups excluding carboxylic acids is 3. The summed E-state index contributed by atoms with van der Waals surface area (Å²) >= 11 is 0. The summed E-state index contributed by atoms with van der Waals surface area (Å²) in [4.78, 5) is 44.8. The van der Waals surface area contributed by atoms with Gasteiger partial charge in [-0.25, -0.2) is 4.79 Å². The molecule has 2 aliphatic carbocycles. The van der Waals surface area contributed by atoms with Crippen molar-refractivity contribution in [3.8, 4) is 23.8 Å². The van der Waals surface area contributed by atoms with E-state index < -0.39 is 23.1 Å². The van der Waals surface area contributed by atoms with E-state index >= 15 is 0 Å². The molecule has 0 aromatic heterocycles. The number of benzene rings is 3. The van der Waals surface area contributed by atoms with Crippen molar-refractivity contribution < 1.29 is 28.6 Å². The zero-order chi connectivity index (χ0) is 33.1. The van der Waals surface area contributed by atoms with Gasteiger partial charge in [0.05, 0.1) is 14.2 Å². The molecule has 3 amide bonds. The highest BCUT2D eigenvalue weighted by Crippen LogP contribution is 2.40. The molecule has 2 aliphatic rings. The molecule has 46 heavy (non-hydrogen) atoms. The smallest absolute Gasteiger partial charge is 0.415 e. The van der Waals surface area contributed by atoms with Crippen LogP contribution in [0.3, 0.4) is 0 Å². The number of fused-ring (bicyclic) bond motifs is 1. The third-order valence-electron chi connectivity index (χ3n) is 8.59. The van der Waals surface area contributed by atoms with Gasteiger partial charge in [-0.2, -0.15) is 0 Å². The summed E-state index contributed by atoms with van der Waals surface area (Å²) in [6.07, 6.45) is 8.52. The number of methoxy groups -OCH3 is 2. The molecule has 9 heteroatoms. The average Bonchev–Trinajstić information content (AvgIpc) is 3.41. The number of hydrogen-bond donors (Lipinski definition) is 1. The second-order valence-corrected chi connectivity index (χ2v) is 12.8. The fraction of sp³-hybridized carbons (Fsp3) is 0.378. The van der Waals surface area contributed by atoms with Gasteiger partial charge in [-0.05, 0) is 87.4 Å². The molecule has 0 bridgehead atoms. The summed E-state index contributed by atoms with van der Waals surface area (Å²) in [5.41, 5.74) is 1.57. The van der Waals surface area contributed by atoms with Crippen LogP contribution in [-0.2, 0) is 33.7 Å². The number of terminal acetylenes is 1. The summed E-state index contributed by atoms with van der Waals surface area (Å²) in [6, 6.07) is 20.2. The molecule has 1 N–H and O–H groups in total. The van der Waals surface area contributed by atoms with Gasteiger partial charge in [0, 0.05) is 48.4 Å². The molecule has 0 atom stereocenters. The lowest BCUT2D eigenvalue weighted by atomic mass is 9.89. The highest BCUT2D eigenvalue weighted by atomic mass is 16.6. The van der Waals surface area contributed by atoms with Crippen LogP contribution in [0.2, 0.25) is 0 Å². The Kier molecular flexibility index (Phi) is 9.29. The van der Waals surface area contributed by atoms with E-state index in [-0.39, 0.29) is 31.3 Å². The number of nitrogens with one attached hydrogen (secondary N) is 1. The summed E-state index contributed by atoms with van der Waals surface area (Å²) in [7, 11) is 3.13. The van der Waals surface area contributed by atoms with E-state index in [0.29, 0.717) is 22.9 Å². The van der Waals surface area contributed by atoms with Crippen LogP contribution in [0.4, 0.5) is 16.2 Å². The second kappa shape index (κ2) is 13.2. The van der Waals surface area contributed by atoms with Gasteiger partial charge >= 0.3 is 12.0 Å². The molecule has 1 fully saturated rings. The summed E-state index contributed by atoms with van der Waals surface area (Å²) in [6.45, 7) is 5.63. The van der Waals surface area contributed by atoms with E-state index in [1.165, 1.54) is 4.90 Å². The fourth-order valence-electron chi connectivity index (χ4n) is 6.18. The predicted molar refractivity (Wildman–Crippen MR) is 177 cm³/mol. The Balaban J connectivity index is 1.55. The van der Waals surface area contributed by atoms with Crippen molar-refractivity contribution in [3.63, 3.8) is 0 Å². The minimum Gasteiger partial charge on any atom is -0.497 e. The zero-order valence-electron chi connectivity index (χ0n) is 27.1. The molecule has 1 saturated carbocycles. The topological polar surface area (TPSA) is 97.4 Å². The van der Waals surface area contributed by atoms with Gasteiger partial charge in [0.1, 0.15) is 22.6 Å². The number of nitrogens with zero attached hydrogens (tertiary/aromatic N) is 2. The van der Waals surface area contributed by atoms with Crippen LogP contribution in [0.5, 0.6) is 11.5 Å². The Morgan fingerprint density at radius 2 is 1.61 bits per heavy atom. The van der Waals surface area contributed by atoms with Crippen molar-refractivity contribution >= 4 is 29.3 Å². The maximum absolute atomic E-state index is 14.5. The number of amides is 3. The molecule has 9 nitrogen and oxygen atoms in total. The lowest BCUT2D eigenvalue weighted by molar-refractivity contribution is -0.129. The number of ether oxygens (including phenoxy) is 3. The summed E-state index contributed by atoms with van der Waals surface area (Å²) in [5.74, 6) is 2.44. The quantitative estimate of drug-likeness (QED) is 0.302. The van der Waals surface area contributed by atoms with Gasteiger partial charge in [-0.15, -0.1) is 6.42 Å². The molecule has 5 rings (SSSR count). The van der Waals surface area contributed by atoms with Gasteiger partial charge in [-0.3, -0.25) is 19.4 Å². The predicted octanol–water partition coefficient (Wildman–Crippen LogP) is 5.82. The van der Waals surface area contributed by atoms with Gasteiger partial charge in [0.25, 0.3) is 0 Å². The fourth-order valence-corrected chi connectivity index (χ4v) is 6.18. The molecule has 0 heterocycles. The van der Waals surface area contributed by atoms with E-state index in [4.69, 9.17) is 20.6 Å². The van der Waals surface area contributed by atoms with E-state index in [1.54, 1.807) is 49.5 Å². The Bertz CT molecular complexity index is 1640. The van der Waals surface area contributed by atoms with Crippen LogP contribution in [0, 0.1) is 12.3 Å². The molecule has 0 aliphatic heterocycles. The van der Waals surface area contributed by atoms with Gasteiger partial charge < -0.3 is 19.5 Å². The Labute approximate surface area is 270 Å². The molecule has 0 radical (unpaired) electrons. The van der Waals surface area contributed by atoms with E-state index in [2.05, 4.69) is 11.2 Å². The van der Waals surface area contributed by atoms with Crippen LogP contribution < -0.4 is 24.6 Å². The van der Waals surface area contributed by atoms with Crippen molar-refractivity contribution in [3.05, 3.63) is 83.4 Å². The molecule has 0 unspecified atom stereocenters. The minimum absolute atomic E-state index is 0.0330. The first-order chi connectivity index (χ1) is 22.0. The molecule has 3 aromatic carbocycles. The number of hydrogen-bond acceptors (Lipinski definition) is 6. The number of anilines is 2. The SMILES string of the molecule is C#CC(=O)N(c1cccc(N(C(=O)OC(C)(C)C)C2CCC2)c1)C1(C(=O)NCc2ccc(OC)cc2OC)Cc2ccccc2C1. The molecule has 0 spiro atoms. The summed E-state index contributed by atoms with van der Waals surface area (Å²) < 4.78 is 16.6. The Morgan fingerprint density at radius 1 is 0.935 bits per heavy atom. The van der Waals surface area contributed by atoms with Crippen LogP contribution in [0.25, 0.3) is 0 Å². The van der Waals surface area contributed by atoms with Gasteiger partial charge in [-0.1, -0.05) is 30.3 Å². The Hall–Kier alpha value is -4.97. The van der Waals surface area contributed by atoms with E-state index in [0.717, 1.165) is 36.0 Å². The highest BCUT2D eigenvalue weighted by Gasteiger charge is 2.51. The van der Waals surface area contributed by atoms with Crippen molar-refractivity contribution in [2.24, 2.45) is 0 Å². The van der Waals surface area contributed by atoms with Crippen molar-refractivity contribution in [1.29, 1.82) is 0 Å². The van der Waals surface area contributed by atoms with Crippen LogP contribution in [0.1, 0.15) is 56.7 Å². The maximum atomic E-state index is 14.5. The minimum atomic E-state index is -1.38. The first-order valence-electron chi connectivity index (χ1n) is 15.5. The molecule has 3 aromatic rings. The van der Waals surface area contributed by atoms with E-state index in [9.17, 15) is 14.4 Å². The lowest BCUT2D eigenvalue weighted by Crippen LogP contribution is -2.62. The first-order valence-corrected chi connectivity index (χ1v) is 15.5. The molecule has 240 valence electrons. The molecular formula is C37H41N3O6. The molecular weight excluding hydrogens is 582 g/mol. The standard InChI is InChI=1S/C37H41N3O6/c1-7-33(41)40(30-17-11-16-29(20-30)39(28-14-10-15-28)35(43)46-36(2,3)4)37(22-25-12-8-9-13-26(25)23-37)34(42)38-24-27-18-19-31(44-5)21-32(27)45-6/h1,8-9,11-13,16-21,28H,10,14-15,22-24H2,2-6H3,(H,38,42). The first kappa shape index (κ1) is 32.4. The lowest BCUT2D eigenvalue weighted by Gasteiger charge is -2.41. The Morgan fingerprint density at radius 3 is 2.17 bits per heavy atom. The van der Waals surface area contributed by atoms with Crippen LogP contribution in [0.15, 0.2) is 66.7 Å². The largest absolute Gasteiger partial charge is 0.497 e. The average molecular weight is 624 g/mol. The third-order valence-corrected chi connectivity index (χ3v) is 8.59. The van der Waals surface area contributed by atoms with Gasteiger partial charge in [0.15, 0.2) is 0 Å². The summed E-state index contributed by atoms with van der Waals surface area (Å²) in [5, 5.41) is 3.07. The maximum Gasteiger partial charge on any atom is 0.415 e. The van der Waals surface area contributed by atoms with Crippen molar-refractivity contribution in [1.82, 2.24) is 5.32 Å². The van der Waals surface area contributed by atoms with Crippen LogP contribution >= 0.6 is 0 Å². The third kappa shape index (κ3) is 6.52. The zero-order valence-corrected chi connectivity index (χ0v) is 27.1. The second-order valence-electron chi connectivity index (χ2n) is 12.8. The van der Waals surface area contributed by atoms with E-state index in [1.807, 2.05) is 57.2 Å². The van der Waals surface area contributed by atoms with Crippen LogP contribution in [-0.4, -0.2) is 49.3 Å². The monoisotopic (exact) mass is 623 g/mol. The number of carbonyl (C=O) groups is 3. The normalized spacial score (nSPS) is 15.0. The van der Waals surface area contributed by atoms with Crippen molar-refractivity contribution in [2.75, 3.05) is 24.0 Å². The molecule has 0 saturated heterocycles. The highest BCUT2D eigenvalue weighted by molar-refractivity contribution is 6.12. The van der Waals surface area contributed by atoms with Gasteiger partial charge in [0.2, 0.25) is 5.91 Å². The van der Waals surface area contributed by atoms with Crippen molar-refractivity contribution in [2.45, 2.75) is 76.6 Å².